The fourth-order valence-corrected chi connectivity index (χ4v) is 2.80. The van der Waals surface area contributed by atoms with Gasteiger partial charge in [-0.3, -0.25) is 14.4 Å². The highest BCUT2D eigenvalue weighted by Gasteiger charge is 2.14. The number of hydrogen-bond acceptors (Lipinski definition) is 5. The first-order valence-electron chi connectivity index (χ1n) is 8.69. The van der Waals surface area contributed by atoms with Crippen molar-refractivity contribution in [2.24, 2.45) is 0 Å². The first-order chi connectivity index (χ1) is 13.3. The first-order valence-corrected chi connectivity index (χ1v) is 9.07. The SMILES string of the molecule is COc1ccc(NC(=O)COC(=O)CCC(=O)c2cc(C)ccc2C)cc1Cl. The summed E-state index contributed by atoms with van der Waals surface area (Å²) in [6.45, 7) is 3.31. The fourth-order valence-electron chi connectivity index (χ4n) is 2.55. The van der Waals surface area contributed by atoms with Crippen LogP contribution in [0.3, 0.4) is 0 Å². The molecule has 0 bridgehead atoms. The molecule has 0 heterocycles. The quantitative estimate of drug-likeness (QED) is 0.529. The molecule has 0 aliphatic rings. The van der Waals surface area contributed by atoms with Crippen LogP contribution in [0.15, 0.2) is 36.4 Å². The second kappa shape index (κ2) is 9.90. The molecule has 2 rings (SSSR count). The van der Waals surface area contributed by atoms with E-state index >= 15 is 0 Å². The zero-order valence-electron chi connectivity index (χ0n) is 16.0. The summed E-state index contributed by atoms with van der Waals surface area (Å²) in [6, 6.07) is 10.4. The minimum Gasteiger partial charge on any atom is -0.495 e. The average molecular weight is 404 g/mol. The predicted molar refractivity (Wildman–Crippen MR) is 107 cm³/mol. The maximum Gasteiger partial charge on any atom is 0.306 e. The number of esters is 1. The van der Waals surface area contributed by atoms with Crippen molar-refractivity contribution in [1.82, 2.24) is 0 Å². The van der Waals surface area contributed by atoms with Crippen LogP contribution >= 0.6 is 11.6 Å². The largest absolute Gasteiger partial charge is 0.495 e. The summed E-state index contributed by atoms with van der Waals surface area (Å²) in [4.78, 5) is 36.0. The number of carbonyl (C=O) groups excluding carboxylic acids is 3. The molecule has 6 nitrogen and oxygen atoms in total. The molecule has 28 heavy (non-hydrogen) atoms. The van der Waals surface area contributed by atoms with Gasteiger partial charge in [0.15, 0.2) is 12.4 Å². The highest BCUT2D eigenvalue weighted by atomic mass is 35.5. The predicted octanol–water partition coefficient (Wildman–Crippen LogP) is 4.11. The second-order valence-corrected chi connectivity index (χ2v) is 6.71. The van der Waals surface area contributed by atoms with Crippen LogP contribution in [0.25, 0.3) is 0 Å². The monoisotopic (exact) mass is 403 g/mol. The summed E-state index contributed by atoms with van der Waals surface area (Å²) in [7, 11) is 1.49. The van der Waals surface area contributed by atoms with Gasteiger partial charge in [0.2, 0.25) is 0 Å². The summed E-state index contributed by atoms with van der Waals surface area (Å²) in [5.41, 5.74) is 2.90. The van der Waals surface area contributed by atoms with Crippen molar-refractivity contribution in [2.75, 3.05) is 19.0 Å². The molecule has 0 saturated heterocycles. The molecular formula is C21H22ClNO5. The normalized spacial score (nSPS) is 10.3. The number of Topliss-reactive ketones (excluding diaryl/α,β-unsaturated/α-hetero) is 1. The Kier molecular flexibility index (Phi) is 7.58. The van der Waals surface area contributed by atoms with E-state index in [2.05, 4.69) is 5.32 Å². The van der Waals surface area contributed by atoms with Crippen molar-refractivity contribution in [1.29, 1.82) is 0 Å². The molecule has 0 atom stereocenters. The minimum absolute atomic E-state index is 0.0266. The van der Waals surface area contributed by atoms with E-state index in [1.807, 2.05) is 26.0 Å². The van der Waals surface area contributed by atoms with E-state index in [9.17, 15) is 14.4 Å². The van der Waals surface area contributed by atoms with Gasteiger partial charge in [-0.05, 0) is 43.7 Å². The van der Waals surface area contributed by atoms with Crippen molar-refractivity contribution in [3.63, 3.8) is 0 Å². The van der Waals surface area contributed by atoms with Gasteiger partial charge in [0.25, 0.3) is 5.91 Å². The molecule has 2 aromatic rings. The van der Waals surface area contributed by atoms with Crippen LogP contribution in [0.5, 0.6) is 5.75 Å². The van der Waals surface area contributed by atoms with E-state index in [1.54, 1.807) is 18.2 Å². The van der Waals surface area contributed by atoms with Crippen LogP contribution in [0, 0.1) is 13.8 Å². The summed E-state index contributed by atoms with van der Waals surface area (Å²) in [6.07, 6.45) is -0.0628. The molecule has 0 saturated carbocycles. The number of aryl methyl sites for hydroxylation is 2. The van der Waals surface area contributed by atoms with Gasteiger partial charge in [0.1, 0.15) is 5.75 Å². The molecule has 0 aliphatic carbocycles. The number of carbonyl (C=O) groups is 3. The van der Waals surface area contributed by atoms with E-state index in [0.717, 1.165) is 11.1 Å². The fraction of sp³-hybridized carbons (Fsp3) is 0.286. The number of benzene rings is 2. The molecular weight excluding hydrogens is 382 g/mol. The topological polar surface area (TPSA) is 81.7 Å². The molecule has 0 fully saturated rings. The molecule has 0 aromatic heterocycles. The van der Waals surface area contributed by atoms with Crippen molar-refractivity contribution < 1.29 is 23.9 Å². The maximum absolute atomic E-state index is 12.3. The van der Waals surface area contributed by atoms with Gasteiger partial charge in [-0.15, -0.1) is 0 Å². The van der Waals surface area contributed by atoms with Crippen LogP contribution in [0.2, 0.25) is 5.02 Å². The molecule has 0 radical (unpaired) electrons. The Morgan fingerprint density at radius 2 is 1.79 bits per heavy atom. The zero-order valence-corrected chi connectivity index (χ0v) is 16.8. The highest BCUT2D eigenvalue weighted by molar-refractivity contribution is 6.32. The lowest BCUT2D eigenvalue weighted by molar-refractivity contribution is -0.147. The lowest BCUT2D eigenvalue weighted by Gasteiger charge is -2.09. The van der Waals surface area contributed by atoms with Crippen molar-refractivity contribution in [2.45, 2.75) is 26.7 Å². The third-order valence-corrected chi connectivity index (χ3v) is 4.34. The van der Waals surface area contributed by atoms with Crippen molar-refractivity contribution >= 4 is 34.9 Å². The van der Waals surface area contributed by atoms with E-state index in [0.29, 0.717) is 22.0 Å². The number of nitrogens with one attached hydrogen (secondary N) is 1. The standard InChI is InChI=1S/C21H22ClNO5/c1-13-4-5-14(2)16(10-13)18(24)7-9-21(26)28-12-20(25)23-15-6-8-19(27-3)17(22)11-15/h4-6,8,10-11H,7,9,12H2,1-3H3,(H,23,25). The lowest BCUT2D eigenvalue weighted by Crippen LogP contribution is -2.21. The number of rotatable bonds is 8. The van der Waals surface area contributed by atoms with Gasteiger partial charge in [0.05, 0.1) is 18.6 Å². The van der Waals surface area contributed by atoms with E-state index in [1.165, 1.54) is 13.2 Å². The van der Waals surface area contributed by atoms with Crippen LogP contribution < -0.4 is 10.1 Å². The Morgan fingerprint density at radius 1 is 1.04 bits per heavy atom. The summed E-state index contributed by atoms with van der Waals surface area (Å²) < 4.78 is 9.96. The van der Waals surface area contributed by atoms with Crippen LogP contribution in [-0.2, 0) is 14.3 Å². The molecule has 148 valence electrons. The number of ketones is 1. The van der Waals surface area contributed by atoms with E-state index < -0.39 is 18.5 Å². The molecule has 0 unspecified atom stereocenters. The van der Waals surface area contributed by atoms with Gasteiger partial charge in [0, 0.05) is 17.7 Å². The Hall–Kier alpha value is -2.86. The zero-order chi connectivity index (χ0) is 20.7. The average Bonchev–Trinajstić information content (AvgIpc) is 2.66. The van der Waals surface area contributed by atoms with Gasteiger partial charge < -0.3 is 14.8 Å². The molecule has 0 spiro atoms. The van der Waals surface area contributed by atoms with Crippen LogP contribution in [0.1, 0.15) is 34.3 Å². The number of ether oxygens (including phenoxy) is 2. The second-order valence-electron chi connectivity index (χ2n) is 6.30. The Balaban J connectivity index is 1.79. The van der Waals surface area contributed by atoms with Gasteiger partial charge in [-0.2, -0.15) is 0 Å². The third kappa shape index (κ3) is 6.09. The van der Waals surface area contributed by atoms with Crippen LogP contribution in [-0.4, -0.2) is 31.4 Å². The Morgan fingerprint density at radius 3 is 2.46 bits per heavy atom. The molecule has 2 aromatic carbocycles. The summed E-state index contributed by atoms with van der Waals surface area (Å²) in [5, 5.41) is 2.92. The number of anilines is 1. The lowest BCUT2D eigenvalue weighted by atomic mass is 9.99. The molecule has 1 N–H and O–H groups in total. The molecule has 0 aliphatic heterocycles. The molecule has 7 heteroatoms. The van der Waals surface area contributed by atoms with Gasteiger partial charge in [-0.1, -0.05) is 29.3 Å². The van der Waals surface area contributed by atoms with Crippen LogP contribution in [0.4, 0.5) is 5.69 Å². The Bertz CT molecular complexity index is 894. The number of hydrogen-bond donors (Lipinski definition) is 1. The maximum atomic E-state index is 12.3. The smallest absolute Gasteiger partial charge is 0.306 e. The number of amides is 1. The molecule has 1 amide bonds. The van der Waals surface area contributed by atoms with Gasteiger partial charge >= 0.3 is 5.97 Å². The van der Waals surface area contributed by atoms with Crippen molar-refractivity contribution in [3.05, 3.63) is 58.1 Å². The van der Waals surface area contributed by atoms with Gasteiger partial charge in [-0.25, -0.2) is 0 Å². The number of halogens is 1. The van der Waals surface area contributed by atoms with Crippen molar-refractivity contribution in [3.8, 4) is 5.75 Å². The highest BCUT2D eigenvalue weighted by Crippen LogP contribution is 2.27. The third-order valence-electron chi connectivity index (χ3n) is 4.05. The summed E-state index contributed by atoms with van der Waals surface area (Å²) in [5.74, 6) is -0.757. The first kappa shape index (κ1) is 21.4. The minimum atomic E-state index is -0.610. The Labute approximate surface area is 168 Å². The number of methoxy groups -OCH3 is 1. The summed E-state index contributed by atoms with van der Waals surface area (Å²) >= 11 is 5.99. The van der Waals surface area contributed by atoms with E-state index in [4.69, 9.17) is 21.1 Å². The van der Waals surface area contributed by atoms with E-state index in [-0.39, 0.29) is 18.6 Å².